The number of quaternary nitrogens is 1. The van der Waals surface area contributed by atoms with Gasteiger partial charge in [-0.25, -0.2) is 0 Å². The summed E-state index contributed by atoms with van der Waals surface area (Å²) in [6, 6.07) is 2.58. The van der Waals surface area contributed by atoms with Gasteiger partial charge in [0.2, 0.25) is 0 Å². The van der Waals surface area contributed by atoms with Gasteiger partial charge in [0.25, 0.3) is 0 Å². The average molecular weight is 301 g/mol. The minimum Gasteiger partial charge on any atom is -0.369 e. The van der Waals surface area contributed by atoms with Crippen molar-refractivity contribution in [3.05, 3.63) is 24.6 Å². The van der Waals surface area contributed by atoms with Crippen LogP contribution in [0.15, 0.2) is 24.6 Å². The molecule has 0 amide bonds. The topological polar surface area (TPSA) is 3.24 Å². The van der Waals surface area contributed by atoms with E-state index in [9.17, 15) is 0 Å². The van der Waals surface area contributed by atoms with E-state index in [2.05, 4.69) is 29.5 Å². The number of hydrogen-bond donors (Lipinski definition) is 0. The number of nitrogens with zero attached hydrogens (tertiary/aromatic N) is 2. The van der Waals surface area contributed by atoms with Crippen molar-refractivity contribution >= 4 is 0 Å². The Balaban J connectivity index is 1.68. The molecule has 0 saturated carbocycles. The summed E-state index contributed by atoms with van der Waals surface area (Å²) in [5, 5.41) is 0. The van der Waals surface area contributed by atoms with E-state index in [1.54, 1.807) is 0 Å². The Morgan fingerprint density at radius 1 is 0.818 bits per heavy atom. The van der Waals surface area contributed by atoms with Gasteiger partial charge in [0.15, 0.2) is 0 Å². The highest BCUT2D eigenvalue weighted by Gasteiger charge is 2.49. The number of hydrogen-bond acceptors (Lipinski definition) is 1. The Hall–Kier alpha value is -0.760. The SMILES string of the molecule is C1=CN2CCCC([N+]34C=CCCCC3CCCC4)C2CCC1. The summed E-state index contributed by atoms with van der Waals surface area (Å²) in [7, 11) is 0. The van der Waals surface area contributed by atoms with Gasteiger partial charge in [-0.2, -0.15) is 0 Å². The largest absolute Gasteiger partial charge is 0.369 e. The first-order valence-corrected chi connectivity index (χ1v) is 9.87. The van der Waals surface area contributed by atoms with E-state index in [1.807, 2.05) is 0 Å². The molecule has 2 nitrogen and oxygen atoms in total. The molecule has 0 N–H and O–H groups in total. The van der Waals surface area contributed by atoms with Gasteiger partial charge in [-0.15, -0.1) is 0 Å². The summed E-state index contributed by atoms with van der Waals surface area (Å²) in [4.78, 5) is 2.72. The third kappa shape index (κ3) is 2.54. The minimum atomic E-state index is 0.802. The maximum atomic E-state index is 2.72. The highest BCUT2D eigenvalue weighted by atomic mass is 15.4. The number of fused-ring (bicyclic) bond motifs is 2. The molecular formula is C20H33N2+. The molecule has 0 aromatic heterocycles. The molecule has 2 saturated heterocycles. The average Bonchev–Trinajstić information content (AvgIpc) is 2.93. The van der Waals surface area contributed by atoms with Crippen molar-refractivity contribution in [1.29, 1.82) is 0 Å². The van der Waals surface area contributed by atoms with Crippen molar-refractivity contribution in [3.63, 3.8) is 0 Å². The molecule has 22 heavy (non-hydrogen) atoms. The van der Waals surface area contributed by atoms with E-state index in [1.165, 1.54) is 88.2 Å². The van der Waals surface area contributed by atoms with Crippen molar-refractivity contribution < 1.29 is 4.48 Å². The molecule has 0 spiro atoms. The van der Waals surface area contributed by atoms with E-state index in [0.717, 1.165) is 18.1 Å². The van der Waals surface area contributed by atoms with Crippen molar-refractivity contribution in [2.24, 2.45) is 0 Å². The van der Waals surface area contributed by atoms with Crippen molar-refractivity contribution in [1.82, 2.24) is 4.90 Å². The lowest BCUT2D eigenvalue weighted by molar-refractivity contribution is -0.936. The van der Waals surface area contributed by atoms with Gasteiger partial charge in [0.1, 0.15) is 6.04 Å². The zero-order valence-corrected chi connectivity index (χ0v) is 14.1. The Labute approximate surface area is 136 Å². The van der Waals surface area contributed by atoms with Gasteiger partial charge < -0.3 is 4.90 Å². The van der Waals surface area contributed by atoms with Crippen LogP contribution in [0.1, 0.15) is 70.6 Å². The third-order valence-electron chi connectivity index (χ3n) is 6.88. The molecule has 4 aliphatic rings. The van der Waals surface area contributed by atoms with E-state index >= 15 is 0 Å². The molecule has 0 bridgehead atoms. The molecule has 2 heteroatoms. The highest BCUT2D eigenvalue weighted by molar-refractivity contribution is 4.99. The zero-order valence-electron chi connectivity index (χ0n) is 14.1. The monoisotopic (exact) mass is 301 g/mol. The van der Waals surface area contributed by atoms with Crippen LogP contribution in [-0.4, -0.2) is 40.6 Å². The summed E-state index contributed by atoms with van der Waals surface area (Å²) in [6.07, 6.45) is 25.6. The third-order valence-corrected chi connectivity index (χ3v) is 6.88. The Morgan fingerprint density at radius 2 is 1.68 bits per heavy atom. The molecule has 0 radical (unpaired) electrons. The first kappa shape index (κ1) is 14.8. The molecule has 0 aromatic rings. The van der Waals surface area contributed by atoms with Crippen LogP contribution >= 0.6 is 0 Å². The van der Waals surface area contributed by atoms with Crippen molar-refractivity contribution in [3.8, 4) is 0 Å². The summed E-state index contributed by atoms with van der Waals surface area (Å²) >= 11 is 0. The Bertz CT molecular complexity index is 441. The van der Waals surface area contributed by atoms with Crippen LogP contribution in [-0.2, 0) is 0 Å². The van der Waals surface area contributed by atoms with E-state index in [0.29, 0.717) is 0 Å². The van der Waals surface area contributed by atoms with Crippen molar-refractivity contribution in [2.45, 2.75) is 88.8 Å². The summed E-state index contributed by atoms with van der Waals surface area (Å²) in [5.74, 6) is 0. The molecule has 4 rings (SSSR count). The van der Waals surface area contributed by atoms with Crippen LogP contribution < -0.4 is 0 Å². The maximum absolute atomic E-state index is 2.72. The molecule has 122 valence electrons. The molecule has 0 aliphatic carbocycles. The number of piperidine rings is 2. The fourth-order valence-corrected chi connectivity index (χ4v) is 5.88. The quantitative estimate of drug-likeness (QED) is 0.641. The van der Waals surface area contributed by atoms with Crippen LogP contribution in [0.4, 0.5) is 0 Å². The predicted octanol–water partition coefficient (Wildman–Crippen LogP) is 4.58. The fraction of sp³-hybridized carbons (Fsp3) is 0.800. The predicted molar refractivity (Wildman–Crippen MR) is 92.3 cm³/mol. The molecule has 4 atom stereocenters. The van der Waals surface area contributed by atoms with Crippen LogP contribution in [0.25, 0.3) is 0 Å². The lowest BCUT2D eigenvalue weighted by Gasteiger charge is -2.55. The molecule has 4 unspecified atom stereocenters. The van der Waals surface area contributed by atoms with Gasteiger partial charge in [-0.1, -0.05) is 6.08 Å². The lowest BCUT2D eigenvalue weighted by Crippen LogP contribution is -2.66. The number of allylic oxidation sites excluding steroid dienone is 2. The van der Waals surface area contributed by atoms with Gasteiger partial charge >= 0.3 is 0 Å². The van der Waals surface area contributed by atoms with Gasteiger partial charge in [0, 0.05) is 25.8 Å². The molecule has 4 heterocycles. The van der Waals surface area contributed by atoms with E-state index in [4.69, 9.17) is 0 Å². The lowest BCUT2D eigenvalue weighted by atomic mass is 9.84. The Kier molecular flexibility index (Phi) is 4.30. The van der Waals surface area contributed by atoms with Crippen LogP contribution in [0.5, 0.6) is 0 Å². The van der Waals surface area contributed by atoms with Crippen LogP contribution in [0, 0.1) is 0 Å². The highest BCUT2D eigenvalue weighted by Crippen LogP contribution is 2.41. The Morgan fingerprint density at radius 3 is 2.68 bits per heavy atom. The standard InChI is InChI=1S/C20H33N2/c1-4-12-19-20(13-9-15-21(19)14-6-1)22-16-7-2-3-10-18(22)11-5-8-17-22/h6-7,14,16,18-20H,1-5,8-13,15,17H2/q+1. The van der Waals surface area contributed by atoms with Crippen LogP contribution in [0.3, 0.4) is 0 Å². The molecule has 4 aliphatic heterocycles. The second-order valence-corrected chi connectivity index (χ2v) is 8.01. The first-order chi connectivity index (χ1) is 10.9. The van der Waals surface area contributed by atoms with Crippen molar-refractivity contribution in [2.75, 3.05) is 13.1 Å². The number of rotatable bonds is 1. The van der Waals surface area contributed by atoms with E-state index < -0.39 is 0 Å². The summed E-state index contributed by atoms with van der Waals surface area (Å²) in [5.41, 5.74) is 0. The normalized spacial score (nSPS) is 42.2. The maximum Gasteiger partial charge on any atom is 0.114 e. The summed E-state index contributed by atoms with van der Waals surface area (Å²) in [6.45, 7) is 2.71. The molecule has 0 aromatic carbocycles. The minimum absolute atomic E-state index is 0.802. The molecule has 2 fully saturated rings. The van der Waals surface area contributed by atoms with Gasteiger partial charge in [-0.05, 0) is 63.6 Å². The second-order valence-electron chi connectivity index (χ2n) is 8.01. The van der Waals surface area contributed by atoms with E-state index in [-0.39, 0.29) is 0 Å². The summed E-state index contributed by atoms with van der Waals surface area (Å²) < 4.78 is 1.36. The fourth-order valence-electron chi connectivity index (χ4n) is 5.88. The van der Waals surface area contributed by atoms with Gasteiger partial charge in [-0.3, -0.25) is 4.48 Å². The first-order valence-electron chi connectivity index (χ1n) is 9.87. The zero-order chi connectivity index (χ0) is 14.8. The van der Waals surface area contributed by atoms with Gasteiger partial charge in [0.05, 0.1) is 24.8 Å². The molecular weight excluding hydrogens is 268 g/mol. The second kappa shape index (κ2) is 6.39. The van der Waals surface area contributed by atoms with Crippen LogP contribution in [0.2, 0.25) is 0 Å². The smallest absolute Gasteiger partial charge is 0.114 e.